The highest BCUT2D eigenvalue weighted by molar-refractivity contribution is 6.02. The summed E-state index contributed by atoms with van der Waals surface area (Å²) in [6.07, 6.45) is 0.817. The average Bonchev–Trinajstić information content (AvgIpc) is 2.45. The summed E-state index contributed by atoms with van der Waals surface area (Å²) in [5, 5.41) is 12.9. The van der Waals surface area contributed by atoms with E-state index in [1.54, 1.807) is 0 Å². The zero-order valence-corrected chi connectivity index (χ0v) is 11.9. The highest BCUT2D eigenvalue weighted by Crippen LogP contribution is 2.26. The molecule has 2 rings (SSSR count). The zero-order chi connectivity index (χ0) is 14.8. The Labute approximate surface area is 118 Å². The number of amidine groups is 1. The summed E-state index contributed by atoms with van der Waals surface area (Å²) < 4.78 is 5.93. The quantitative estimate of drug-likeness (QED) is 0.388. The molecular weight excluding hydrogens is 254 g/mol. The SMILES string of the molecule is CCC(C)(C)Oc1nc2ccccc2cc1C(N)=NO. The van der Waals surface area contributed by atoms with Gasteiger partial charge in [-0.05, 0) is 32.4 Å². The highest BCUT2D eigenvalue weighted by atomic mass is 16.5. The van der Waals surface area contributed by atoms with Gasteiger partial charge in [0, 0.05) is 5.39 Å². The van der Waals surface area contributed by atoms with Gasteiger partial charge in [0.25, 0.3) is 0 Å². The lowest BCUT2D eigenvalue weighted by molar-refractivity contribution is 0.0992. The first-order valence-corrected chi connectivity index (χ1v) is 6.53. The minimum atomic E-state index is -0.375. The van der Waals surface area contributed by atoms with Crippen molar-refractivity contribution in [1.82, 2.24) is 4.98 Å². The molecule has 0 bridgehead atoms. The van der Waals surface area contributed by atoms with Gasteiger partial charge in [-0.1, -0.05) is 30.3 Å². The average molecular weight is 273 g/mol. The maximum absolute atomic E-state index is 8.92. The van der Waals surface area contributed by atoms with Gasteiger partial charge in [0.2, 0.25) is 5.88 Å². The van der Waals surface area contributed by atoms with Crippen LogP contribution in [0.3, 0.4) is 0 Å². The number of pyridine rings is 1. The largest absolute Gasteiger partial charge is 0.471 e. The smallest absolute Gasteiger partial charge is 0.225 e. The number of oxime groups is 1. The summed E-state index contributed by atoms with van der Waals surface area (Å²) in [5.74, 6) is 0.371. The molecule has 0 atom stereocenters. The third-order valence-electron chi connectivity index (χ3n) is 3.30. The molecule has 0 aliphatic carbocycles. The summed E-state index contributed by atoms with van der Waals surface area (Å²) in [6.45, 7) is 5.98. The van der Waals surface area contributed by atoms with Gasteiger partial charge in [0.1, 0.15) is 5.60 Å². The predicted molar refractivity (Wildman–Crippen MR) is 79.3 cm³/mol. The Bertz CT molecular complexity index is 651. The third-order valence-corrected chi connectivity index (χ3v) is 3.30. The number of hydrogen-bond acceptors (Lipinski definition) is 4. The van der Waals surface area contributed by atoms with E-state index in [0.29, 0.717) is 11.4 Å². The predicted octanol–water partition coefficient (Wildman–Crippen LogP) is 2.90. The second kappa shape index (κ2) is 5.36. The number of fused-ring (bicyclic) bond motifs is 1. The van der Waals surface area contributed by atoms with E-state index in [-0.39, 0.29) is 11.4 Å². The second-order valence-corrected chi connectivity index (χ2v) is 5.23. The number of nitrogens with two attached hydrogens (primary N) is 1. The molecule has 2 aromatic rings. The maximum Gasteiger partial charge on any atom is 0.225 e. The van der Waals surface area contributed by atoms with Crippen molar-refractivity contribution in [2.45, 2.75) is 32.8 Å². The van der Waals surface area contributed by atoms with Gasteiger partial charge in [-0.25, -0.2) is 4.98 Å². The summed E-state index contributed by atoms with van der Waals surface area (Å²) in [4.78, 5) is 4.48. The van der Waals surface area contributed by atoms with Crippen LogP contribution in [-0.4, -0.2) is 21.6 Å². The molecule has 106 valence electrons. The fourth-order valence-electron chi connectivity index (χ4n) is 1.75. The van der Waals surface area contributed by atoms with Crippen LogP contribution in [0.1, 0.15) is 32.8 Å². The lowest BCUT2D eigenvalue weighted by Gasteiger charge is -2.25. The molecule has 3 N–H and O–H groups in total. The monoisotopic (exact) mass is 273 g/mol. The van der Waals surface area contributed by atoms with Crippen LogP contribution in [0.2, 0.25) is 0 Å². The van der Waals surface area contributed by atoms with E-state index in [2.05, 4.69) is 10.1 Å². The van der Waals surface area contributed by atoms with Crippen LogP contribution in [0.4, 0.5) is 0 Å². The van der Waals surface area contributed by atoms with Crippen molar-refractivity contribution in [3.63, 3.8) is 0 Å². The topological polar surface area (TPSA) is 80.7 Å². The molecule has 0 unspecified atom stereocenters. The molecule has 1 aromatic heterocycles. The summed E-state index contributed by atoms with van der Waals surface area (Å²) in [5.41, 5.74) is 6.65. The molecule has 0 radical (unpaired) electrons. The second-order valence-electron chi connectivity index (χ2n) is 5.23. The number of rotatable bonds is 4. The van der Waals surface area contributed by atoms with E-state index in [4.69, 9.17) is 15.7 Å². The summed E-state index contributed by atoms with van der Waals surface area (Å²) in [7, 11) is 0. The standard InChI is InChI=1S/C15H19N3O2/c1-4-15(2,3)20-14-11(13(16)18-19)9-10-7-5-6-8-12(10)17-14/h5-9,19H,4H2,1-3H3,(H2,16,18). The molecule has 0 aliphatic heterocycles. The van der Waals surface area contributed by atoms with Crippen LogP contribution in [-0.2, 0) is 0 Å². The van der Waals surface area contributed by atoms with E-state index >= 15 is 0 Å². The number of aromatic nitrogens is 1. The first-order chi connectivity index (χ1) is 9.46. The Morgan fingerprint density at radius 2 is 2.10 bits per heavy atom. The van der Waals surface area contributed by atoms with Crippen molar-refractivity contribution in [3.05, 3.63) is 35.9 Å². The highest BCUT2D eigenvalue weighted by Gasteiger charge is 2.21. The lowest BCUT2D eigenvalue weighted by atomic mass is 10.1. The van der Waals surface area contributed by atoms with Crippen molar-refractivity contribution in [3.8, 4) is 5.88 Å². The molecular formula is C15H19N3O2. The van der Waals surface area contributed by atoms with Gasteiger partial charge in [0.05, 0.1) is 11.1 Å². The van der Waals surface area contributed by atoms with Gasteiger partial charge in [0.15, 0.2) is 5.84 Å². The van der Waals surface area contributed by atoms with Crippen molar-refractivity contribution < 1.29 is 9.94 Å². The van der Waals surface area contributed by atoms with Crippen molar-refractivity contribution in [2.24, 2.45) is 10.9 Å². The van der Waals surface area contributed by atoms with Crippen molar-refractivity contribution >= 4 is 16.7 Å². The minimum Gasteiger partial charge on any atom is -0.471 e. The van der Waals surface area contributed by atoms with E-state index in [1.165, 1.54) is 0 Å². The van der Waals surface area contributed by atoms with Gasteiger partial charge >= 0.3 is 0 Å². The minimum absolute atomic E-state index is 0.00911. The van der Waals surface area contributed by atoms with Crippen molar-refractivity contribution in [2.75, 3.05) is 0 Å². The number of benzene rings is 1. The molecule has 5 nitrogen and oxygen atoms in total. The molecule has 0 saturated carbocycles. The number of para-hydroxylation sites is 1. The summed E-state index contributed by atoms with van der Waals surface area (Å²) in [6, 6.07) is 9.46. The van der Waals surface area contributed by atoms with Crippen LogP contribution in [0.25, 0.3) is 10.9 Å². The number of hydrogen-bond donors (Lipinski definition) is 2. The lowest BCUT2D eigenvalue weighted by Crippen LogP contribution is -2.29. The fraction of sp³-hybridized carbons (Fsp3) is 0.333. The van der Waals surface area contributed by atoms with E-state index in [1.807, 2.05) is 51.1 Å². The summed E-state index contributed by atoms with van der Waals surface area (Å²) >= 11 is 0. The molecule has 20 heavy (non-hydrogen) atoms. The molecule has 0 saturated heterocycles. The first kappa shape index (κ1) is 14.1. The Kier molecular flexibility index (Phi) is 3.79. The van der Waals surface area contributed by atoms with Crippen LogP contribution in [0.5, 0.6) is 5.88 Å². The number of ether oxygens (including phenoxy) is 1. The van der Waals surface area contributed by atoms with Crippen LogP contribution >= 0.6 is 0 Å². The number of nitrogens with zero attached hydrogens (tertiary/aromatic N) is 2. The molecule has 0 amide bonds. The van der Waals surface area contributed by atoms with Gasteiger partial charge in [-0.15, -0.1) is 0 Å². The van der Waals surface area contributed by atoms with Gasteiger partial charge in [-0.2, -0.15) is 0 Å². The van der Waals surface area contributed by atoms with Crippen LogP contribution in [0.15, 0.2) is 35.5 Å². The molecule has 0 aliphatic rings. The fourth-order valence-corrected chi connectivity index (χ4v) is 1.75. The third kappa shape index (κ3) is 2.82. The van der Waals surface area contributed by atoms with Crippen LogP contribution in [0, 0.1) is 0 Å². The Balaban J connectivity index is 2.60. The van der Waals surface area contributed by atoms with Gasteiger partial charge in [-0.3, -0.25) is 0 Å². The molecule has 5 heteroatoms. The Morgan fingerprint density at radius 1 is 1.40 bits per heavy atom. The molecule has 0 fully saturated rings. The molecule has 0 spiro atoms. The molecule has 1 aromatic carbocycles. The van der Waals surface area contributed by atoms with Crippen LogP contribution < -0.4 is 10.5 Å². The van der Waals surface area contributed by atoms with Crippen molar-refractivity contribution in [1.29, 1.82) is 0 Å². The zero-order valence-electron chi connectivity index (χ0n) is 11.9. The Morgan fingerprint density at radius 3 is 2.75 bits per heavy atom. The van der Waals surface area contributed by atoms with E-state index < -0.39 is 0 Å². The van der Waals surface area contributed by atoms with E-state index in [0.717, 1.165) is 17.3 Å². The normalized spacial score (nSPS) is 12.7. The van der Waals surface area contributed by atoms with E-state index in [9.17, 15) is 0 Å². The maximum atomic E-state index is 8.92. The first-order valence-electron chi connectivity index (χ1n) is 6.53. The Hall–Kier alpha value is -2.30. The molecule has 1 heterocycles. The van der Waals surface area contributed by atoms with Gasteiger partial charge < -0.3 is 15.7 Å².